The molecule has 0 aromatic carbocycles. The number of hydrogen-bond donors (Lipinski definition) is 1. The predicted octanol–water partition coefficient (Wildman–Crippen LogP) is -0.171. The minimum absolute atomic E-state index is 0.0221. The van der Waals surface area contributed by atoms with Gasteiger partial charge in [0.25, 0.3) is 0 Å². The topological polar surface area (TPSA) is 55.6 Å². The lowest BCUT2D eigenvalue weighted by Gasteiger charge is -2.16. The number of nitrogens with two attached hydrogens (primary N) is 1. The highest BCUT2D eigenvalue weighted by Crippen LogP contribution is 1.97. The van der Waals surface area contributed by atoms with Crippen molar-refractivity contribution in [3.63, 3.8) is 0 Å². The van der Waals surface area contributed by atoms with Crippen molar-refractivity contribution in [3.05, 3.63) is 0 Å². The van der Waals surface area contributed by atoms with Gasteiger partial charge in [0.05, 0.1) is 6.04 Å². The van der Waals surface area contributed by atoms with Crippen molar-refractivity contribution in [1.29, 1.82) is 0 Å². The first-order valence-corrected chi connectivity index (χ1v) is 4.05. The third-order valence-corrected chi connectivity index (χ3v) is 1.62. The van der Waals surface area contributed by atoms with Crippen molar-refractivity contribution in [3.8, 4) is 0 Å². The maximum atomic E-state index is 11.2. The van der Waals surface area contributed by atoms with E-state index in [0.29, 0.717) is 13.0 Å². The molecule has 0 saturated carbocycles. The van der Waals surface area contributed by atoms with Crippen LogP contribution in [0.25, 0.3) is 0 Å². The molecule has 0 spiro atoms. The maximum absolute atomic E-state index is 11.2. The Bertz CT molecular complexity index is 137. The van der Waals surface area contributed by atoms with Gasteiger partial charge in [-0.2, -0.15) is 0 Å². The Kier molecular flexibility index (Phi) is 5.66. The minimum Gasteiger partial charge on any atom is -0.385 e. The molecule has 72 valence electrons. The molecule has 0 aliphatic heterocycles. The molecule has 0 bridgehead atoms. The summed E-state index contributed by atoms with van der Waals surface area (Å²) in [6.45, 7) is 0.661. The average Bonchev–Trinajstić information content (AvgIpc) is 2.03. The summed E-state index contributed by atoms with van der Waals surface area (Å²) in [6.07, 6.45) is 1.52. The molecule has 0 aliphatic rings. The first kappa shape index (κ1) is 11.4. The largest absolute Gasteiger partial charge is 0.385 e. The number of methoxy groups -OCH3 is 1. The van der Waals surface area contributed by atoms with Crippen molar-refractivity contribution in [2.45, 2.75) is 18.9 Å². The zero-order valence-corrected chi connectivity index (χ0v) is 8.04. The van der Waals surface area contributed by atoms with Crippen LogP contribution in [0.1, 0.15) is 12.8 Å². The van der Waals surface area contributed by atoms with Gasteiger partial charge < -0.3 is 15.4 Å². The van der Waals surface area contributed by atoms with Crippen LogP contribution in [-0.4, -0.2) is 44.7 Å². The third-order valence-electron chi connectivity index (χ3n) is 1.62. The van der Waals surface area contributed by atoms with E-state index in [1.165, 1.54) is 4.90 Å². The normalized spacial score (nSPS) is 12.7. The van der Waals surface area contributed by atoms with Crippen LogP contribution in [-0.2, 0) is 9.53 Å². The van der Waals surface area contributed by atoms with Crippen LogP contribution < -0.4 is 5.73 Å². The Morgan fingerprint density at radius 1 is 1.58 bits per heavy atom. The molecule has 0 saturated heterocycles. The van der Waals surface area contributed by atoms with Crippen molar-refractivity contribution < 1.29 is 9.53 Å². The van der Waals surface area contributed by atoms with Crippen LogP contribution in [0.3, 0.4) is 0 Å². The summed E-state index contributed by atoms with van der Waals surface area (Å²) < 4.78 is 4.85. The molecule has 0 rings (SSSR count). The molecule has 0 heterocycles. The number of rotatable bonds is 5. The van der Waals surface area contributed by atoms with E-state index in [9.17, 15) is 4.79 Å². The van der Waals surface area contributed by atoms with Crippen LogP contribution in [0.2, 0.25) is 0 Å². The molecule has 1 amide bonds. The molecule has 4 nitrogen and oxygen atoms in total. The first-order chi connectivity index (χ1) is 5.59. The SMILES string of the molecule is COCCCC(N)C(=O)N(C)C. The Labute approximate surface area is 73.7 Å². The quantitative estimate of drug-likeness (QED) is 0.589. The summed E-state index contributed by atoms with van der Waals surface area (Å²) in [5, 5.41) is 0. The first-order valence-electron chi connectivity index (χ1n) is 4.05. The molecule has 0 aliphatic carbocycles. The predicted molar refractivity (Wildman–Crippen MR) is 47.8 cm³/mol. The van der Waals surface area contributed by atoms with Gasteiger partial charge in [0.1, 0.15) is 0 Å². The van der Waals surface area contributed by atoms with E-state index in [1.807, 2.05) is 0 Å². The molecule has 2 N–H and O–H groups in total. The fraction of sp³-hybridized carbons (Fsp3) is 0.875. The standard InChI is InChI=1S/C8H18N2O2/c1-10(2)8(11)7(9)5-4-6-12-3/h7H,4-6,9H2,1-3H3. The van der Waals surface area contributed by atoms with Gasteiger partial charge in [-0.15, -0.1) is 0 Å². The van der Waals surface area contributed by atoms with Crippen molar-refractivity contribution >= 4 is 5.91 Å². The van der Waals surface area contributed by atoms with E-state index < -0.39 is 0 Å². The average molecular weight is 174 g/mol. The van der Waals surface area contributed by atoms with Gasteiger partial charge in [0.15, 0.2) is 0 Å². The molecule has 4 heteroatoms. The zero-order valence-electron chi connectivity index (χ0n) is 8.04. The van der Waals surface area contributed by atoms with E-state index in [0.717, 1.165) is 6.42 Å². The number of ether oxygens (including phenoxy) is 1. The lowest BCUT2D eigenvalue weighted by atomic mass is 10.1. The zero-order chi connectivity index (χ0) is 9.56. The second-order valence-corrected chi connectivity index (χ2v) is 2.97. The summed E-state index contributed by atoms with van der Waals surface area (Å²) in [5.74, 6) is -0.0221. The summed E-state index contributed by atoms with van der Waals surface area (Å²) in [4.78, 5) is 12.7. The van der Waals surface area contributed by atoms with Crippen LogP contribution >= 0.6 is 0 Å². The number of carbonyl (C=O) groups excluding carboxylic acids is 1. The van der Waals surface area contributed by atoms with Gasteiger partial charge in [-0.05, 0) is 12.8 Å². The second kappa shape index (κ2) is 5.97. The molecular formula is C8H18N2O2. The number of hydrogen-bond acceptors (Lipinski definition) is 3. The van der Waals surface area contributed by atoms with E-state index in [1.54, 1.807) is 21.2 Å². The lowest BCUT2D eigenvalue weighted by molar-refractivity contribution is -0.130. The van der Waals surface area contributed by atoms with Gasteiger partial charge in [0.2, 0.25) is 5.91 Å². The fourth-order valence-electron chi connectivity index (χ4n) is 0.903. The molecule has 0 radical (unpaired) electrons. The highest BCUT2D eigenvalue weighted by Gasteiger charge is 2.13. The number of carbonyl (C=O) groups is 1. The number of nitrogens with zero attached hydrogens (tertiary/aromatic N) is 1. The molecule has 0 aromatic rings. The summed E-state index contributed by atoms with van der Waals surface area (Å²) in [5.41, 5.74) is 5.61. The Hall–Kier alpha value is -0.610. The monoisotopic (exact) mass is 174 g/mol. The van der Waals surface area contributed by atoms with E-state index in [-0.39, 0.29) is 11.9 Å². The second-order valence-electron chi connectivity index (χ2n) is 2.97. The Morgan fingerprint density at radius 3 is 2.58 bits per heavy atom. The van der Waals surface area contributed by atoms with Crippen LogP contribution in [0, 0.1) is 0 Å². The maximum Gasteiger partial charge on any atom is 0.238 e. The smallest absolute Gasteiger partial charge is 0.238 e. The van der Waals surface area contributed by atoms with Crippen LogP contribution in [0.4, 0.5) is 0 Å². The Morgan fingerprint density at radius 2 is 2.17 bits per heavy atom. The lowest BCUT2D eigenvalue weighted by Crippen LogP contribution is -2.39. The van der Waals surface area contributed by atoms with Crippen molar-refractivity contribution in [2.75, 3.05) is 27.8 Å². The van der Waals surface area contributed by atoms with Crippen molar-refractivity contribution in [2.24, 2.45) is 5.73 Å². The van der Waals surface area contributed by atoms with Gasteiger partial charge in [-0.1, -0.05) is 0 Å². The number of likely N-dealkylation sites (N-methyl/N-ethyl adjacent to an activating group) is 1. The number of amides is 1. The van der Waals surface area contributed by atoms with Gasteiger partial charge in [0, 0.05) is 27.8 Å². The van der Waals surface area contributed by atoms with E-state index in [4.69, 9.17) is 10.5 Å². The molecule has 0 fully saturated rings. The van der Waals surface area contributed by atoms with Gasteiger partial charge in [-0.3, -0.25) is 4.79 Å². The summed E-state index contributed by atoms with van der Waals surface area (Å²) in [7, 11) is 5.05. The highest BCUT2D eigenvalue weighted by molar-refractivity contribution is 5.80. The Balaban J connectivity index is 3.57. The fourth-order valence-corrected chi connectivity index (χ4v) is 0.903. The van der Waals surface area contributed by atoms with E-state index in [2.05, 4.69) is 0 Å². The molecule has 1 unspecified atom stereocenters. The third kappa shape index (κ3) is 4.31. The molecule has 1 atom stereocenters. The minimum atomic E-state index is -0.379. The molecular weight excluding hydrogens is 156 g/mol. The molecule has 0 aromatic heterocycles. The van der Waals surface area contributed by atoms with Crippen molar-refractivity contribution in [1.82, 2.24) is 4.90 Å². The summed E-state index contributed by atoms with van der Waals surface area (Å²) in [6, 6.07) is -0.379. The summed E-state index contributed by atoms with van der Waals surface area (Å²) >= 11 is 0. The van der Waals surface area contributed by atoms with Gasteiger partial charge >= 0.3 is 0 Å². The highest BCUT2D eigenvalue weighted by atomic mass is 16.5. The van der Waals surface area contributed by atoms with Crippen LogP contribution in [0.5, 0.6) is 0 Å². The molecule has 12 heavy (non-hydrogen) atoms. The van der Waals surface area contributed by atoms with E-state index >= 15 is 0 Å². The van der Waals surface area contributed by atoms with Crippen LogP contribution in [0.15, 0.2) is 0 Å². The van der Waals surface area contributed by atoms with Gasteiger partial charge in [-0.25, -0.2) is 0 Å².